The van der Waals surface area contributed by atoms with Crippen LogP contribution in [0.4, 0.5) is 0 Å². The van der Waals surface area contributed by atoms with E-state index in [2.05, 4.69) is 10.3 Å². The molecule has 0 fully saturated rings. The second-order valence-corrected chi connectivity index (χ2v) is 3.84. The Hall–Kier alpha value is -1.74. The van der Waals surface area contributed by atoms with Crippen molar-refractivity contribution in [3.05, 3.63) is 58.9 Å². The van der Waals surface area contributed by atoms with E-state index in [9.17, 15) is 4.79 Å². The molecule has 1 amide bonds. The van der Waals surface area contributed by atoms with Crippen LogP contribution < -0.4 is 5.32 Å². The molecule has 0 atom stereocenters. The molecule has 0 aliphatic rings. The smallest absolute Gasteiger partial charge is 0.268 e. The highest BCUT2D eigenvalue weighted by Gasteiger charge is 2.06. The van der Waals surface area contributed by atoms with Crippen molar-refractivity contribution in [2.24, 2.45) is 0 Å². The van der Waals surface area contributed by atoms with E-state index in [-0.39, 0.29) is 5.91 Å². The first-order valence-electron chi connectivity index (χ1n) is 4.92. The Morgan fingerprint density at radius 2 is 2.06 bits per heavy atom. The van der Waals surface area contributed by atoms with Gasteiger partial charge in [-0.1, -0.05) is 41.9 Å². The molecule has 1 heterocycles. The van der Waals surface area contributed by atoms with Crippen LogP contribution in [0.5, 0.6) is 0 Å². The first-order chi connectivity index (χ1) is 7.75. The monoisotopic (exact) mass is 234 g/mol. The normalized spacial score (nSPS) is 10.1. The first-order valence-corrected chi connectivity index (χ1v) is 5.29. The number of benzene rings is 1. The standard InChI is InChI=1S/C12H11ClN2O/c13-10-6-11(14-8-10)12(16)15-7-9-4-2-1-3-5-9/h1-6,8,14H,7H2,(H,15,16). The summed E-state index contributed by atoms with van der Waals surface area (Å²) in [6.07, 6.45) is 1.58. The molecule has 4 heteroatoms. The van der Waals surface area contributed by atoms with Crippen LogP contribution in [-0.4, -0.2) is 10.9 Å². The van der Waals surface area contributed by atoms with Crippen molar-refractivity contribution in [2.45, 2.75) is 6.54 Å². The van der Waals surface area contributed by atoms with Crippen LogP contribution in [0.1, 0.15) is 16.1 Å². The van der Waals surface area contributed by atoms with Crippen LogP contribution in [0, 0.1) is 0 Å². The average Bonchev–Trinajstić information content (AvgIpc) is 2.74. The zero-order valence-electron chi connectivity index (χ0n) is 8.53. The predicted octanol–water partition coefficient (Wildman–Crippen LogP) is 2.60. The molecule has 82 valence electrons. The molecule has 2 N–H and O–H groups in total. The number of amides is 1. The van der Waals surface area contributed by atoms with Gasteiger partial charge in [0.1, 0.15) is 5.69 Å². The Kier molecular flexibility index (Phi) is 3.27. The van der Waals surface area contributed by atoms with Crippen molar-refractivity contribution in [1.82, 2.24) is 10.3 Å². The molecule has 0 radical (unpaired) electrons. The lowest BCUT2D eigenvalue weighted by atomic mass is 10.2. The number of aromatic amines is 1. The number of aromatic nitrogens is 1. The van der Waals surface area contributed by atoms with Gasteiger partial charge in [-0.05, 0) is 11.6 Å². The van der Waals surface area contributed by atoms with Crippen molar-refractivity contribution >= 4 is 17.5 Å². The molecule has 1 aromatic heterocycles. The van der Waals surface area contributed by atoms with Crippen LogP contribution >= 0.6 is 11.6 Å². The number of rotatable bonds is 3. The number of carbonyl (C=O) groups is 1. The molecule has 0 aliphatic heterocycles. The molecular weight excluding hydrogens is 224 g/mol. The fraction of sp³-hybridized carbons (Fsp3) is 0.0833. The first kappa shape index (κ1) is 10.8. The summed E-state index contributed by atoms with van der Waals surface area (Å²) >= 11 is 5.71. The van der Waals surface area contributed by atoms with Gasteiger partial charge in [0.2, 0.25) is 0 Å². The molecule has 0 aliphatic carbocycles. The Morgan fingerprint density at radius 1 is 1.31 bits per heavy atom. The molecule has 3 nitrogen and oxygen atoms in total. The lowest BCUT2D eigenvalue weighted by Gasteiger charge is -2.03. The topological polar surface area (TPSA) is 44.9 Å². The van der Waals surface area contributed by atoms with Crippen molar-refractivity contribution in [1.29, 1.82) is 0 Å². The maximum absolute atomic E-state index is 11.6. The van der Waals surface area contributed by atoms with E-state index in [0.717, 1.165) is 5.56 Å². The van der Waals surface area contributed by atoms with E-state index in [1.807, 2.05) is 30.3 Å². The van der Waals surface area contributed by atoms with Gasteiger partial charge < -0.3 is 10.3 Å². The lowest BCUT2D eigenvalue weighted by Crippen LogP contribution is -2.22. The van der Waals surface area contributed by atoms with Crippen molar-refractivity contribution in [2.75, 3.05) is 0 Å². The maximum Gasteiger partial charge on any atom is 0.268 e. The third-order valence-electron chi connectivity index (χ3n) is 2.19. The minimum absolute atomic E-state index is 0.157. The number of halogens is 1. The number of hydrogen-bond donors (Lipinski definition) is 2. The molecule has 0 spiro atoms. The average molecular weight is 235 g/mol. The van der Waals surface area contributed by atoms with E-state index >= 15 is 0 Å². The van der Waals surface area contributed by atoms with Gasteiger partial charge in [0.05, 0.1) is 5.02 Å². The quantitative estimate of drug-likeness (QED) is 0.843. The minimum atomic E-state index is -0.157. The second kappa shape index (κ2) is 4.86. The van der Waals surface area contributed by atoms with Gasteiger partial charge >= 0.3 is 0 Å². The van der Waals surface area contributed by atoms with E-state index in [1.54, 1.807) is 12.3 Å². The van der Waals surface area contributed by atoms with Crippen LogP contribution in [0.3, 0.4) is 0 Å². The van der Waals surface area contributed by atoms with Gasteiger partial charge in [-0.25, -0.2) is 0 Å². The number of hydrogen-bond acceptors (Lipinski definition) is 1. The Bertz CT molecular complexity index is 479. The van der Waals surface area contributed by atoms with Crippen LogP contribution in [0.2, 0.25) is 5.02 Å². The molecule has 0 unspecified atom stereocenters. The van der Waals surface area contributed by atoms with E-state index in [1.165, 1.54) is 0 Å². The van der Waals surface area contributed by atoms with E-state index < -0.39 is 0 Å². The van der Waals surface area contributed by atoms with Gasteiger partial charge in [-0.2, -0.15) is 0 Å². The zero-order chi connectivity index (χ0) is 11.4. The Labute approximate surface area is 98.4 Å². The maximum atomic E-state index is 11.6. The summed E-state index contributed by atoms with van der Waals surface area (Å²) < 4.78 is 0. The number of H-pyrrole nitrogens is 1. The van der Waals surface area contributed by atoms with Gasteiger partial charge in [0.25, 0.3) is 5.91 Å². The van der Waals surface area contributed by atoms with Gasteiger partial charge in [-0.15, -0.1) is 0 Å². The zero-order valence-corrected chi connectivity index (χ0v) is 9.29. The number of nitrogens with one attached hydrogen (secondary N) is 2. The molecular formula is C12H11ClN2O. The highest BCUT2D eigenvalue weighted by molar-refractivity contribution is 6.30. The summed E-state index contributed by atoms with van der Waals surface area (Å²) in [6, 6.07) is 11.3. The lowest BCUT2D eigenvalue weighted by molar-refractivity contribution is 0.0946. The van der Waals surface area contributed by atoms with E-state index in [0.29, 0.717) is 17.3 Å². The summed E-state index contributed by atoms with van der Waals surface area (Å²) in [4.78, 5) is 14.4. The van der Waals surface area contributed by atoms with Crippen molar-refractivity contribution in [3.63, 3.8) is 0 Å². The largest absolute Gasteiger partial charge is 0.356 e. The van der Waals surface area contributed by atoms with Gasteiger partial charge in [-0.3, -0.25) is 4.79 Å². The molecule has 0 bridgehead atoms. The summed E-state index contributed by atoms with van der Waals surface area (Å²) in [6.45, 7) is 0.510. The summed E-state index contributed by atoms with van der Waals surface area (Å²) in [5, 5.41) is 3.33. The summed E-state index contributed by atoms with van der Waals surface area (Å²) in [5.41, 5.74) is 1.54. The van der Waals surface area contributed by atoms with Gasteiger partial charge in [0.15, 0.2) is 0 Å². The van der Waals surface area contributed by atoms with Crippen LogP contribution in [0.15, 0.2) is 42.6 Å². The Morgan fingerprint density at radius 3 is 2.69 bits per heavy atom. The van der Waals surface area contributed by atoms with Crippen LogP contribution in [0.25, 0.3) is 0 Å². The fourth-order valence-electron chi connectivity index (χ4n) is 1.37. The third kappa shape index (κ3) is 2.64. The minimum Gasteiger partial charge on any atom is -0.356 e. The number of carbonyl (C=O) groups excluding carboxylic acids is 1. The molecule has 0 saturated heterocycles. The van der Waals surface area contributed by atoms with Crippen molar-refractivity contribution < 1.29 is 4.79 Å². The molecule has 16 heavy (non-hydrogen) atoms. The second-order valence-electron chi connectivity index (χ2n) is 3.40. The highest BCUT2D eigenvalue weighted by Crippen LogP contribution is 2.09. The van der Waals surface area contributed by atoms with E-state index in [4.69, 9.17) is 11.6 Å². The van der Waals surface area contributed by atoms with Gasteiger partial charge in [0, 0.05) is 12.7 Å². The molecule has 2 aromatic rings. The third-order valence-corrected chi connectivity index (χ3v) is 2.41. The predicted molar refractivity (Wildman–Crippen MR) is 63.4 cm³/mol. The summed E-state index contributed by atoms with van der Waals surface area (Å²) in [5.74, 6) is -0.157. The SMILES string of the molecule is O=C(NCc1ccccc1)c1cc(Cl)c[nH]1. The fourth-order valence-corrected chi connectivity index (χ4v) is 1.54. The summed E-state index contributed by atoms with van der Waals surface area (Å²) in [7, 11) is 0. The van der Waals surface area contributed by atoms with Crippen LogP contribution in [-0.2, 0) is 6.54 Å². The Balaban J connectivity index is 1.94. The molecule has 0 saturated carbocycles. The molecule has 1 aromatic carbocycles. The molecule has 2 rings (SSSR count). The highest BCUT2D eigenvalue weighted by atomic mass is 35.5. The van der Waals surface area contributed by atoms with Crippen molar-refractivity contribution in [3.8, 4) is 0 Å².